The Morgan fingerprint density at radius 2 is 1.81 bits per heavy atom. The quantitative estimate of drug-likeness (QED) is 0.431. The Hall–Kier alpha value is -4.79. The van der Waals surface area contributed by atoms with Gasteiger partial charge in [0.05, 0.1) is 0 Å². The third kappa shape index (κ3) is 4.21. The van der Waals surface area contributed by atoms with Crippen LogP contribution in [0.25, 0.3) is 17.1 Å². The van der Waals surface area contributed by atoms with E-state index in [4.69, 9.17) is 9.26 Å². The highest BCUT2D eigenvalue weighted by Crippen LogP contribution is 2.23. The Balaban J connectivity index is 1.21. The molecule has 3 aromatic heterocycles. The molecule has 1 amide bonds. The second kappa shape index (κ2) is 8.52. The molecule has 0 unspecified atom stereocenters. The second-order valence-corrected chi connectivity index (χ2v) is 6.72. The number of nitrogens with one attached hydrogen (secondary N) is 1. The predicted octanol–water partition coefficient (Wildman–Crippen LogP) is 4.36. The summed E-state index contributed by atoms with van der Waals surface area (Å²) >= 11 is 0. The Labute approximate surface area is 182 Å². The smallest absolute Gasteiger partial charge is 0.277 e. The first-order chi connectivity index (χ1) is 15.7. The van der Waals surface area contributed by atoms with Gasteiger partial charge in [0.15, 0.2) is 17.3 Å². The van der Waals surface area contributed by atoms with E-state index in [1.54, 1.807) is 65.8 Å². The summed E-state index contributed by atoms with van der Waals surface area (Å²) in [6.45, 7) is 0. The Morgan fingerprint density at radius 3 is 2.53 bits per heavy atom. The van der Waals surface area contributed by atoms with E-state index in [9.17, 15) is 4.79 Å². The average molecular weight is 424 g/mol. The average Bonchev–Trinajstić information content (AvgIpc) is 3.54. The third-order valence-corrected chi connectivity index (χ3v) is 4.53. The third-order valence-electron chi connectivity index (χ3n) is 4.53. The van der Waals surface area contributed by atoms with Crippen LogP contribution in [0.15, 0.2) is 96.0 Å². The summed E-state index contributed by atoms with van der Waals surface area (Å²) in [7, 11) is 0. The molecule has 0 bridgehead atoms. The van der Waals surface area contributed by atoms with Gasteiger partial charge >= 0.3 is 0 Å². The van der Waals surface area contributed by atoms with Crippen molar-refractivity contribution in [3.8, 4) is 28.8 Å². The largest absolute Gasteiger partial charge is 0.438 e. The molecular formula is C23H16N6O3. The number of carbonyl (C=O) groups is 1. The summed E-state index contributed by atoms with van der Waals surface area (Å²) in [6, 6.07) is 21.4. The van der Waals surface area contributed by atoms with Crippen molar-refractivity contribution in [1.29, 1.82) is 0 Å². The number of hydrogen-bond donors (Lipinski definition) is 1. The molecule has 0 aliphatic heterocycles. The zero-order valence-corrected chi connectivity index (χ0v) is 16.6. The molecule has 0 radical (unpaired) electrons. The maximum Gasteiger partial charge on any atom is 0.277 e. The van der Waals surface area contributed by atoms with E-state index in [0.717, 1.165) is 5.56 Å². The van der Waals surface area contributed by atoms with Crippen molar-refractivity contribution in [1.82, 2.24) is 24.9 Å². The SMILES string of the molecule is O=C(Nc1ccc(Oc2ccc(-n3ccnc3)nn2)cc1)c1cc(-c2ccccc2)on1. The highest BCUT2D eigenvalue weighted by molar-refractivity contribution is 6.03. The van der Waals surface area contributed by atoms with Crippen LogP contribution in [0.3, 0.4) is 0 Å². The predicted molar refractivity (Wildman–Crippen MR) is 116 cm³/mol. The Kier molecular flexibility index (Phi) is 5.11. The topological polar surface area (TPSA) is 108 Å². The van der Waals surface area contributed by atoms with E-state index in [1.165, 1.54) is 0 Å². The first-order valence-electron chi connectivity index (χ1n) is 9.68. The molecule has 9 heteroatoms. The number of carbonyl (C=O) groups excluding carboxylic acids is 1. The molecule has 0 fully saturated rings. The molecule has 0 spiro atoms. The van der Waals surface area contributed by atoms with Gasteiger partial charge in [0.2, 0.25) is 5.88 Å². The summed E-state index contributed by atoms with van der Waals surface area (Å²) in [5.74, 6) is 1.70. The van der Waals surface area contributed by atoms with Crippen LogP contribution in [-0.2, 0) is 0 Å². The number of ether oxygens (including phenoxy) is 1. The lowest BCUT2D eigenvalue weighted by molar-refractivity contribution is 0.101. The first kappa shape index (κ1) is 19.2. The van der Waals surface area contributed by atoms with Crippen molar-refractivity contribution in [2.45, 2.75) is 0 Å². The Bertz CT molecular complexity index is 1310. The van der Waals surface area contributed by atoms with E-state index >= 15 is 0 Å². The fourth-order valence-corrected chi connectivity index (χ4v) is 2.94. The zero-order valence-electron chi connectivity index (χ0n) is 16.6. The van der Waals surface area contributed by atoms with Gasteiger partial charge < -0.3 is 14.6 Å². The van der Waals surface area contributed by atoms with Crippen molar-refractivity contribution in [3.63, 3.8) is 0 Å². The van der Waals surface area contributed by atoms with Crippen molar-refractivity contribution < 1.29 is 14.1 Å². The standard InChI is InChI=1S/C23H16N6O3/c30-23(19-14-20(32-28-19)16-4-2-1-3-5-16)25-17-6-8-18(9-7-17)31-22-11-10-21(26-27-22)29-13-12-24-15-29/h1-15H,(H,25,30). The van der Waals surface area contributed by atoms with Crippen molar-refractivity contribution in [2.24, 2.45) is 0 Å². The number of hydrogen-bond acceptors (Lipinski definition) is 7. The molecule has 9 nitrogen and oxygen atoms in total. The number of imidazole rings is 1. The number of aromatic nitrogens is 5. The fraction of sp³-hybridized carbons (Fsp3) is 0. The van der Waals surface area contributed by atoms with Gasteiger partial charge in [-0.3, -0.25) is 9.36 Å². The van der Waals surface area contributed by atoms with Gasteiger partial charge in [-0.05, 0) is 30.3 Å². The first-order valence-corrected chi connectivity index (χ1v) is 9.68. The van der Waals surface area contributed by atoms with Crippen LogP contribution in [0.1, 0.15) is 10.5 Å². The lowest BCUT2D eigenvalue weighted by Crippen LogP contribution is -2.11. The Morgan fingerprint density at radius 1 is 0.969 bits per heavy atom. The molecule has 5 aromatic rings. The minimum atomic E-state index is -0.370. The summed E-state index contributed by atoms with van der Waals surface area (Å²) < 4.78 is 12.7. The lowest BCUT2D eigenvalue weighted by atomic mass is 10.1. The van der Waals surface area contributed by atoms with Crippen LogP contribution >= 0.6 is 0 Å². The van der Waals surface area contributed by atoms with Crippen LogP contribution in [0.4, 0.5) is 5.69 Å². The molecular weight excluding hydrogens is 408 g/mol. The van der Waals surface area contributed by atoms with Crippen LogP contribution < -0.4 is 10.1 Å². The number of rotatable bonds is 6. The molecule has 0 aliphatic carbocycles. The maximum absolute atomic E-state index is 12.5. The molecule has 0 saturated heterocycles. The van der Waals surface area contributed by atoms with E-state index in [-0.39, 0.29) is 11.6 Å². The van der Waals surface area contributed by atoms with E-state index in [1.807, 2.05) is 30.3 Å². The number of benzene rings is 2. The van der Waals surface area contributed by atoms with Gasteiger partial charge in [-0.25, -0.2) is 4.98 Å². The van der Waals surface area contributed by atoms with Crippen molar-refractivity contribution in [3.05, 3.63) is 97.2 Å². The highest BCUT2D eigenvalue weighted by Gasteiger charge is 2.14. The molecule has 0 aliphatic rings. The number of nitrogens with zero attached hydrogens (tertiary/aromatic N) is 5. The van der Waals surface area contributed by atoms with Gasteiger partial charge in [0.25, 0.3) is 5.91 Å². The second-order valence-electron chi connectivity index (χ2n) is 6.72. The monoisotopic (exact) mass is 424 g/mol. The molecule has 32 heavy (non-hydrogen) atoms. The summed E-state index contributed by atoms with van der Waals surface area (Å²) in [5, 5.41) is 14.8. The summed E-state index contributed by atoms with van der Waals surface area (Å²) in [6.07, 6.45) is 5.08. The van der Waals surface area contributed by atoms with Crippen LogP contribution in [-0.4, -0.2) is 30.8 Å². The van der Waals surface area contributed by atoms with E-state index < -0.39 is 0 Å². The van der Waals surface area contributed by atoms with Crippen LogP contribution in [0, 0.1) is 0 Å². The molecule has 3 heterocycles. The van der Waals surface area contributed by atoms with Gasteiger partial charge in [-0.15, -0.1) is 10.2 Å². The van der Waals surface area contributed by atoms with Gasteiger partial charge in [-0.1, -0.05) is 35.5 Å². The number of anilines is 1. The van der Waals surface area contributed by atoms with Gasteiger partial charge in [0, 0.05) is 35.8 Å². The minimum absolute atomic E-state index is 0.192. The molecule has 0 saturated carbocycles. The normalized spacial score (nSPS) is 10.6. The van der Waals surface area contributed by atoms with Gasteiger partial charge in [0.1, 0.15) is 12.1 Å². The lowest BCUT2D eigenvalue weighted by Gasteiger charge is -2.07. The van der Waals surface area contributed by atoms with Crippen LogP contribution in [0.2, 0.25) is 0 Å². The van der Waals surface area contributed by atoms with Crippen molar-refractivity contribution in [2.75, 3.05) is 5.32 Å². The molecule has 1 N–H and O–H groups in total. The molecule has 156 valence electrons. The molecule has 5 rings (SSSR count). The van der Waals surface area contributed by atoms with Gasteiger partial charge in [-0.2, -0.15) is 0 Å². The summed E-state index contributed by atoms with van der Waals surface area (Å²) in [4.78, 5) is 16.5. The molecule has 0 atom stereocenters. The van der Waals surface area contributed by atoms with Crippen LogP contribution in [0.5, 0.6) is 11.6 Å². The fourth-order valence-electron chi connectivity index (χ4n) is 2.94. The summed E-state index contributed by atoms with van der Waals surface area (Å²) in [5.41, 5.74) is 1.63. The highest BCUT2D eigenvalue weighted by atomic mass is 16.5. The minimum Gasteiger partial charge on any atom is -0.438 e. The van der Waals surface area contributed by atoms with Crippen molar-refractivity contribution >= 4 is 11.6 Å². The van der Waals surface area contributed by atoms with E-state index in [0.29, 0.717) is 28.9 Å². The number of amides is 1. The van der Waals surface area contributed by atoms with E-state index in [2.05, 4.69) is 25.7 Å². The molecule has 2 aromatic carbocycles. The zero-order chi connectivity index (χ0) is 21.8. The maximum atomic E-state index is 12.5.